The minimum Gasteiger partial charge on any atom is -0.462 e. The summed E-state index contributed by atoms with van der Waals surface area (Å²) < 4.78 is 56.7. The molecule has 0 bridgehead atoms. The van der Waals surface area contributed by atoms with E-state index in [1.165, 1.54) is 12.5 Å². The number of aromatic nitrogens is 2. The lowest BCUT2D eigenvalue weighted by Gasteiger charge is -2.21. The van der Waals surface area contributed by atoms with Gasteiger partial charge in [0.15, 0.2) is 18.1 Å². The van der Waals surface area contributed by atoms with Crippen LogP contribution >= 0.6 is 15.6 Å². The molecule has 0 radical (unpaired) electrons. The Morgan fingerprint density at radius 1 is 0.712 bits per heavy atom. The third-order valence-corrected chi connectivity index (χ3v) is 13.5. The summed E-state index contributed by atoms with van der Waals surface area (Å²) in [7, 11) is -10.9. The van der Waals surface area contributed by atoms with Gasteiger partial charge in [-0.2, -0.15) is 9.29 Å². The SMILES string of the molecule is CC/C=C\C/C=C\C/C=C\C/C=C\C/C=C\CCCCCC(=O)O[C@H](COC(=O)CCCCCCCC(=O)/C=C/C=C\CCCCC)COP(=O)(O)OP(=O)(O)OC[C@H]1O[C@@H](n2ccc(N)nc2=O)[C@H](O)[C@@H]1O. The number of phosphoric ester groups is 2. The number of aliphatic hydroxyl groups is 2. The lowest BCUT2D eigenvalue weighted by molar-refractivity contribution is -0.161. The van der Waals surface area contributed by atoms with Crippen LogP contribution in [0.5, 0.6) is 0 Å². The van der Waals surface area contributed by atoms with Crippen LogP contribution in [0.4, 0.5) is 5.82 Å². The van der Waals surface area contributed by atoms with Crippen LogP contribution in [-0.2, 0) is 51.1 Å². The lowest BCUT2D eigenvalue weighted by atomic mass is 10.1. The van der Waals surface area contributed by atoms with E-state index in [1.807, 2.05) is 6.08 Å². The third-order valence-electron chi connectivity index (χ3n) is 10.9. The molecule has 0 aliphatic carbocycles. The molecule has 2 rings (SSSR count). The maximum Gasteiger partial charge on any atom is 0.481 e. The molecule has 2 unspecified atom stereocenters. The Hall–Kier alpha value is -4.39. The number of nitrogens with two attached hydrogens (primary N) is 1. The third kappa shape index (κ3) is 31.8. The van der Waals surface area contributed by atoms with Gasteiger partial charge in [0, 0.05) is 25.5 Å². The van der Waals surface area contributed by atoms with E-state index in [9.17, 15) is 48.3 Å². The van der Waals surface area contributed by atoms with Gasteiger partial charge in [-0.05, 0) is 89.2 Å². The molecule has 6 N–H and O–H groups in total. The smallest absolute Gasteiger partial charge is 0.462 e. The summed E-state index contributed by atoms with van der Waals surface area (Å²) in [6.45, 7) is 1.83. The Labute approximate surface area is 431 Å². The van der Waals surface area contributed by atoms with Crippen molar-refractivity contribution in [2.45, 2.75) is 179 Å². The molecule has 73 heavy (non-hydrogen) atoms. The average Bonchev–Trinajstić information content (AvgIpc) is 3.62. The fourth-order valence-corrected chi connectivity index (χ4v) is 9.08. The van der Waals surface area contributed by atoms with E-state index in [2.05, 4.69) is 90.0 Å². The number of allylic oxidation sites excluding steroid dienone is 14. The molecule has 410 valence electrons. The van der Waals surface area contributed by atoms with Gasteiger partial charge >= 0.3 is 33.3 Å². The number of anilines is 1. The maximum atomic E-state index is 12.9. The zero-order valence-corrected chi connectivity index (χ0v) is 44.4. The molecule has 0 aromatic carbocycles. The minimum atomic E-state index is -5.46. The van der Waals surface area contributed by atoms with Crippen molar-refractivity contribution in [2.24, 2.45) is 0 Å². The number of carbonyl (C=O) groups is 3. The Kier molecular flexibility index (Phi) is 34.7. The number of phosphoric acid groups is 2. The standard InChI is InChI=1S/C52H81N3O16P2/c1-3-5-7-9-11-12-13-14-15-16-17-18-19-20-21-22-24-28-33-37-48(58)69-44(40-66-47(57)36-32-29-25-27-31-35-43(56)34-30-26-23-10-8-6-4-2)41-67-72(62,63)71-73(64,65)68-42-45-49(59)50(60)51(70-45)55-39-38-46(53)54-52(55)61/h5,7,11-12,14-15,17-18,20-21,23,26,30,34,38-39,44-45,49-51,59-60H,3-4,6,8-10,13,16,19,22,24-25,27-29,31-33,35-37,40-42H2,1-2H3,(H,62,63)(H,64,65)(H2,53,54,61)/b7-5-,12-11-,15-14-,18-17-,21-20-,26-23-,34-30+/t44-,45-,49-,50-,51-/m1/s1. The number of nitrogen functional groups attached to an aromatic ring is 1. The molecule has 0 saturated carbocycles. The van der Waals surface area contributed by atoms with Crippen molar-refractivity contribution in [1.29, 1.82) is 0 Å². The van der Waals surface area contributed by atoms with Gasteiger partial charge in [0.25, 0.3) is 0 Å². The number of ether oxygens (including phenoxy) is 3. The van der Waals surface area contributed by atoms with Crippen molar-refractivity contribution in [3.63, 3.8) is 0 Å². The van der Waals surface area contributed by atoms with Crippen molar-refractivity contribution >= 4 is 39.2 Å². The highest BCUT2D eigenvalue weighted by molar-refractivity contribution is 7.61. The monoisotopic (exact) mass is 1070 g/mol. The number of nitrogens with zero attached hydrogens (tertiary/aromatic N) is 2. The first-order chi connectivity index (χ1) is 35.1. The molecule has 1 aliphatic rings. The minimum absolute atomic E-state index is 0.0186. The zero-order valence-electron chi connectivity index (χ0n) is 42.6. The Balaban J connectivity index is 1.84. The number of hydrogen-bond acceptors (Lipinski definition) is 16. The highest BCUT2D eigenvalue weighted by Crippen LogP contribution is 2.60. The van der Waals surface area contributed by atoms with Gasteiger partial charge in [0.1, 0.15) is 30.7 Å². The van der Waals surface area contributed by atoms with Gasteiger partial charge in [-0.15, -0.1) is 0 Å². The van der Waals surface area contributed by atoms with Gasteiger partial charge in [-0.25, -0.2) is 13.9 Å². The van der Waals surface area contributed by atoms with E-state index in [0.717, 1.165) is 94.2 Å². The number of hydrogen-bond donors (Lipinski definition) is 5. The van der Waals surface area contributed by atoms with E-state index >= 15 is 0 Å². The second-order valence-electron chi connectivity index (χ2n) is 17.3. The number of ketones is 1. The fourth-order valence-electron chi connectivity index (χ4n) is 6.97. The second-order valence-corrected chi connectivity index (χ2v) is 20.4. The number of carbonyl (C=O) groups excluding carboxylic acids is 3. The summed E-state index contributed by atoms with van der Waals surface area (Å²) in [5.74, 6) is -1.39. The largest absolute Gasteiger partial charge is 0.481 e. The molecular formula is C52H81N3O16P2. The average molecular weight is 1070 g/mol. The van der Waals surface area contributed by atoms with E-state index in [1.54, 1.807) is 12.2 Å². The van der Waals surface area contributed by atoms with E-state index in [0.29, 0.717) is 32.1 Å². The molecule has 1 fully saturated rings. The van der Waals surface area contributed by atoms with Crippen LogP contribution in [0.1, 0.15) is 155 Å². The van der Waals surface area contributed by atoms with Crippen molar-refractivity contribution < 1.29 is 71.1 Å². The summed E-state index contributed by atoms with van der Waals surface area (Å²) in [6.07, 6.45) is 37.7. The highest BCUT2D eigenvalue weighted by Gasteiger charge is 2.46. The molecule has 0 spiro atoms. The van der Waals surface area contributed by atoms with Crippen LogP contribution in [0.3, 0.4) is 0 Å². The molecule has 1 aromatic heterocycles. The van der Waals surface area contributed by atoms with Crippen LogP contribution in [0, 0.1) is 0 Å². The van der Waals surface area contributed by atoms with Crippen LogP contribution in [0.25, 0.3) is 0 Å². The summed E-state index contributed by atoms with van der Waals surface area (Å²) in [5, 5.41) is 20.9. The predicted molar refractivity (Wildman–Crippen MR) is 280 cm³/mol. The van der Waals surface area contributed by atoms with Gasteiger partial charge in [0.05, 0.1) is 13.2 Å². The Morgan fingerprint density at radius 3 is 1.92 bits per heavy atom. The normalized spacial score (nSPS) is 19.6. The molecule has 1 aliphatic heterocycles. The van der Waals surface area contributed by atoms with Crippen molar-refractivity contribution in [1.82, 2.24) is 9.55 Å². The zero-order chi connectivity index (χ0) is 53.6. The lowest BCUT2D eigenvalue weighted by Crippen LogP contribution is -2.36. The summed E-state index contributed by atoms with van der Waals surface area (Å²) in [4.78, 5) is 74.0. The van der Waals surface area contributed by atoms with Crippen molar-refractivity contribution in [3.8, 4) is 0 Å². The number of unbranched alkanes of at least 4 members (excludes halogenated alkanes) is 10. The maximum absolute atomic E-state index is 12.9. The van der Waals surface area contributed by atoms with Gasteiger partial charge in [0.2, 0.25) is 0 Å². The van der Waals surface area contributed by atoms with Crippen molar-refractivity contribution in [3.05, 3.63) is 108 Å². The molecule has 2 heterocycles. The summed E-state index contributed by atoms with van der Waals surface area (Å²) in [5.41, 5.74) is 4.57. The summed E-state index contributed by atoms with van der Waals surface area (Å²) in [6, 6.07) is 1.24. The topological polar surface area (TPSA) is 283 Å². The molecular weight excluding hydrogens is 985 g/mol. The number of esters is 2. The van der Waals surface area contributed by atoms with Crippen LogP contribution in [0.2, 0.25) is 0 Å². The highest BCUT2D eigenvalue weighted by atomic mass is 31.3. The first-order valence-electron chi connectivity index (χ1n) is 25.6. The fraction of sp³-hybridized carbons (Fsp3) is 0.596. The second kappa shape index (κ2) is 39.1. The van der Waals surface area contributed by atoms with E-state index in [-0.39, 0.29) is 24.4 Å². The summed E-state index contributed by atoms with van der Waals surface area (Å²) >= 11 is 0. The number of aliphatic hydroxyl groups excluding tert-OH is 2. The quantitative estimate of drug-likeness (QED) is 0.0102. The number of rotatable bonds is 41. The van der Waals surface area contributed by atoms with Gasteiger partial charge < -0.3 is 39.9 Å². The Bertz CT molecular complexity index is 2120. The predicted octanol–water partition coefficient (Wildman–Crippen LogP) is 9.84. The van der Waals surface area contributed by atoms with Gasteiger partial charge in [-0.3, -0.25) is 28.0 Å². The molecule has 19 nitrogen and oxygen atoms in total. The molecule has 7 atom stereocenters. The van der Waals surface area contributed by atoms with Gasteiger partial charge in [-0.1, -0.05) is 131 Å². The van der Waals surface area contributed by atoms with Crippen LogP contribution < -0.4 is 11.4 Å². The van der Waals surface area contributed by atoms with Crippen LogP contribution in [-0.4, -0.2) is 91.5 Å². The van der Waals surface area contributed by atoms with E-state index in [4.69, 9.17) is 29.0 Å². The van der Waals surface area contributed by atoms with Crippen LogP contribution in [0.15, 0.2) is 102 Å². The Morgan fingerprint density at radius 2 is 1.27 bits per heavy atom. The van der Waals surface area contributed by atoms with Crippen molar-refractivity contribution in [2.75, 3.05) is 25.6 Å². The van der Waals surface area contributed by atoms with E-state index < -0.39 is 83.7 Å². The molecule has 0 amide bonds. The molecule has 21 heteroatoms. The first-order valence-corrected chi connectivity index (χ1v) is 28.5. The first kappa shape index (κ1) is 64.7. The molecule has 1 saturated heterocycles. The molecule has 1 aromatic rings.